The number of nitrogens with one attached hydrogen (secondary N) is 2. The number of aromatic amines is 1. The molecule has 0 saturated heterocycles. The van der Waals surface area contributed by atoms with Gasteiger partial charge in [-0.1, -0.05) is 0 Å². The lowest BCUT2D eigenvalue weighted by molar-refractivity contribution is -0.00831. The van der Waals surface area contributed by atoms with Gasteiger partial charge in [-0.25, -0.2) is 18.7 Å². The largest absolute Gasteiger partial charge is 0.348 e. The predicted molar refractivity (Wildman–Crippen MR) is 94.2 cm³/mol. The van der Waals surface area contributed by atoms with Crippen molar-refractivity contribution in [2.45, 2.75) is 18.8 Å². The fourth-order valence-electron chi connectivity index (χ4n) is 3.16. The first-order valence-electron chi connectivity index (χ1n) is 8.49. The molecule has 0 spiro atoms. The van der Waals surface area contributed by atoms with Crippen molar-refractivity contribution < 1.29 is 8.78 Å². The monoisotopic (exact) mass is 354 g/mol. The van der Waals surface area contributed by atoms with Crippen molar-refractivity contribution >= 4 is 22.6 Å². The van der Waals surface area contributed by atoms with Crippen molar-refractivity contribution in [2.75, 3.05) is 11.9 Å². The van der Waals surface area contributed by atoms with Crippen LogP contribution < -0.4 is 5.32 Å². The lowest BCUT2D eigenvalue weighted by Crippen LogP contribution is -2.29. The molecule has 26 heavy (non-hydrogen) atoms. The minimum atomic E-state index is -2.71. The summed E-state index contributed by atoms with van der Waals surface area (Å²) in [7, 11) is 0. The van der Waals surface area contributed by atoms with Gasteiger partial charge >= 0.3 is 0 Å². The van der Waals surface area contributed by atoms with Gasteiger partial charge < -0.3 is 14.7 Å². The van der Waals surface area contributed by atoms with Gasteiger partial charge in [-0.05, 0) is 25.0 Å². The third kappa shape index (κ3) is 2.58. The maximum Gasteiger partial charge on any atom is 0.267 e. The fraction of sp³-hybridized carbons (Fsp3) is 0.278. The highest BCUT2D eigenvalue weighted by Crippen LogP contribution is 2.43. The number of nitrogens with zero attached hydrogens (tertiary/aromatic N) is 4. The molecule has 0 atom stereocenters. The zero-order valence-corrected chi connectivity index (χ0v) is 13.8. The number of aromatic nitrogens is 5. The Labute approximate surface area is 147 Å². The highest BCUT2D eigenvalue weighted by molar-refractivity contribution is 5.93. The zero-order chi connectivity index (χ0) is 17.7. The fourth-order valence-corrected chi connectivity index (χ4v) is 3.16. The summed E-state index contributed by atoms with van der Waals surface area (Å²) in [5.41, 5.74) is 3.42. The molecule has 0 unspecified atom stereocenters. The number of hydrogen-bond donors (Lipinski definition) is 2. The van der Waals surface area contributed by atoms with E-state index in [9.17, 15) is 8.78 Å². The van der Waals surface area contributed by atoms with Gasteiger partial charge in [0, 0.05) is 53.4 Å². The van der Waals surface area contributed by atoms with Crippen LogP contribution in [0.15, 0.2) is 43.1 Å². The second-order valence-electron chi connectivity index (χ2n) is 6.66. The molecule has 1 aliphatic carbocycles. The molecule has 1 fully saturated rings. The van der Waals surface area contributed by atoms with E-state index in [0.717, 1.165) is 22.2 Å². The Morgan fingerprint density at radius 1 is 1.27 bits per heavy atom. The first-order valence-corrected chi connectivity index (χ1v) is 8.49. The van der Waals surface area contributed by atoms with E-state index in [0.29, 0.717) is 18.5 Å². The number of hydrogen-bond acceptors (Lipinski definition) is 4. The Morgan fingerprint density at radius 3 is 3.00 bits per heavy atom. The van der Waals surface area contributed by atoms with Gasteiger partial charge in [0.15, 0.2) is 0 Å². The van der Waals surface area contributed by atoms with Crippen LogP contribution >= 0.6 is 0 Å². The van der Waals surface area contributed by atoms with Gasteiger partial charge in [-0.3, -0.25) is 0 Å². The van der Waals surface area contributed by atoms with Crippen LogP contribution in [0, 0.1) is 5.92 Å². The highest BCUT2D eigenvalue weighted by atomic mass is 19.3. The van der Waals surface area contributed by atoms with Gasteiger partial charge in [0.25, 0.3) is 5.92 Å². The quantitative estimate of drug-likeness (QED) is 0.573. The maximum atomic E-state index is 13.8. The summed E-state index contributed by atoms with van der Waals surface area (Å²) in [6.45, 7) is -0.436. The molecule has 0 aliphatic heterocycles. The van der Waals surface area contributed by atoms with Crippen LogP contribution in [0.25, 0.3) is 27.8 Å². The first-order chi connectivity index (χ1) is 12.6. The zero-order valence-electron chi connectivity index (χ0n) is 13.8. The number of rotatable bonds is 5. The van der Waals surface area contributed by atoms with Crippen molar-refractivity contribution in [1.29, 1.82) is 0 Å². The molecule has 1 saturated carbocycles. The van der Waals surface area contributed by atoms with Gasteiger partial charge in [-0.2, -0.15) is 4.98 Å². The maximum absolute atomic E-state index is 13.8. The van der Waals surface area contributed by atoms with Crippen LogP contribution in [0.1, 0.15) is 12.8 Å². The van der Waals surface area contributed by atoms with Crippen LogP contribution in [-0.2, 0) is 0 Å². The number of pyridine rings is 1. The second-order valence-corrected chi connectivity index (χ2v) is 6.66. The predicted octanol–water partition coefficient (Wildman–Crippen LogP) is 3.73. The molecule has 4 heterocycles. The molecule has 0 radical (unpaired) electrons. The highest BCUT2D eigenvalue weighted by Gasteiger charge is 2.46. The van der Waals surface area contributed by atoms with Gasteiger partial charge in [0.05, 0.1) is 6.54 Å². The van der Waals surface area contributed by atoms with Crippen molar-refractivity contribution in [3.8, 4) is 11.1 Å². The molecule has 2 N–H and O–H groups in total. The number of H-pyrrole nitrogens is 1. The van der Waals surface area contributed by atoms with E-state index in [1.54, 1.807) is 12.4 Å². The smallest absolute Gasteiger partial charge is 0.267 e. The normalized spacial score (nSPS) is 15.0. The van der Waals surface area contributed by atoms with E-state index < -0.39 is 18.4 Å². The first kappa shape index (κ1) is 15.2. The molecule has 0 amide bonds. The number of imidazole rings is 1. The van der Waals surface area contributed by atoms with Crippen LogP contribution in [0.4, 0.5) is 14.7 Å². The summed E-state index contributed by atoms with van der Waals surface area (Å²) in [5.74, 6) is -3.01. The van der Waals surface area contributed by atoms with Crippen LogP contribution in [-0.4, -0.2) is 36.8 Å². The summed E-state index contributed by atoms with van der Waals surface area (Å²) in [4.78, 5) is 15.9. The second kappa shape index (κ2) is 5.48. The molecule has 1 aliphatic rings. The number of anilines is 1. The number of halogens is 2. The van der Waals surface area contributed by atoms with Gasteiger partial charge in [0.2, 0.25) is 5.95 Å². The minimum absolute atomic E-state index is 0.205. The van der Waals surface area contributed by atoms with E-state index in [1.165, 1.54) is 0 Å². The summed E-state index contributed by atoms with van der Waals surface area (Å²) in [6.07, 6.45) is 10.3. The SMILES string of the molecule is FC(F)(CNc1ncc2c(-c3ccc4nccn4c3)c[nH]c2n1)C1CC1. The summed E-state index contributed by atoms with van der Waals surface area (Å²) in [5, 5.41) is 3.50. The van der Waals surface area contributed by atoms with E-state index in [4.69, 9.17) is 0 Å². The van der Waals surface area contributed by atoms with Crippen LogP contribution in [0.5, 0.6) is 0 Å². The minimum Gasteiger partial charge on any atom is -0.348 e. The Kier molecular flexibility index (Phi) is 3.22. The third-order valence-electron chi connectivity index (χ3n) is 4.79. The van der Waals surface area contributed by atoms with Gasteiger partial charge in [0.1, 0.15) is 11.3 Å². The summed E-state index contributed by atoms with van der Waals surface area (Å²) in [6, 6.07) is 3.91. The average molecular weight is 354 g/mol. The molecule has 132 valence electrons. The lowest BCUT2D eigenvalue weighted by atomic mass is 10.1. The standard InChI is InChI=1S/C18H16F2N6/c19-18(20,12-2-3-12)10-24-17-23-8-14-13(7-22-16(14)25-17)11-1-4-15-21-5-6-26(15)9-11/h1,4-9,12H,2-3,10H2,(H2,22,23,24,25). The molecular formula is C18H16F2N6. The molecule has 8 heteroatoms. The molecule has 5 rings (SSSR count). The molecular weight excluding hydrogens is 338 g/mol. The Balaban J connectivity index is 1.43. The Morgan fingerprint density at radius 2 is 2.15 bits per heavy atom. The average Bonchev–Trinajstić information content (AvgIpc) is 3.27. The molecule has 4 aromatic rings. The topological polar surface area (TPSA) is 70.9 Å². The number of fused-ring (bicyclic) bond motifs is 2. The van der Waals surface area contributed by atoms with Crippen molar-refractivity contribution in [3.63, 3.8) is 0 Å². The summed E-state index contributed by atoms with van der Waals surface area (Å²) >= 11 is 0. The van der Waals surface area contributed by atoms with E-state index >= 15 is 0 Å². The lowest BCUT2D eigenvalue weighted by Gasteiger charge is -2.15. The summed E-state index contributed by atoms with van der Waals surface area (Å²) < 4.78 is 29.5. The number of alkyl halides is 2. The van der Waals surface area contributed by atoms with Crippen LogP contribution in [0.3, 0.4) is 0 Å². The molecule has 0 bridgehead atoms. The molecule has 4 aromatic heterocycles. The van der Waals surface area contributed by atoms with Crippen molar-refractivity contribution in [1.82, 2.24) is 24.3 Å². The Bertz CT molecular complexity index is 1100. The van der Waals surface area contributed by atoms with E-state index in [2.05, 4.69) is 25.3 Å². The van der Waals surface area contributed by atoms with E-state index in [-0.39, 0.29) is 5.95 Å². The third-order valence-corrected chi connectivity index (χ3v) is 4.79. The van der Waals surface area contributed by atoms with Crippen molar-refractivity contribution in [3.05, 3.63) is 43.1 Å². The Hall–Kier alpha value is -3.03. The van der Waals surface area contributed by atoms with E-state index in [1.807, 2.05) is 35.1 Å². The van der Waals surface area contributed by atoms with Gasteiger partial charge in [-0.15, -0.1) is 0 Å². The molecule has 0 aromatic carbocycles. The molecule has 6 nitrogen and oxygen atoms in total. The van der Waals surface area contributed by atoms with Crippen molar-refractivity contribution in [2.24, 2.45) is 5.92 Å². The van der Waals surface area contributed by atoms with Crippen LogP contribution in [0.2, 0.25) is 0 Å².